The summed E-state index contributed by atoms with van der Waals surface area (Å²) in [6.45, 7) is 12.1. The van der Waals surface area contributed by atoms with Gasteiger partial charge in [-0.1, -0.05) is 57.0 Å². The molecule has 8 nitrogen and oxygen atoms in total. The fourth-order valence-corrected chi connectivity index (χ4v) is 4.43. The number of carbonyl (C=O) groups excluding carboxylic acids is 3. The maximum Gasteiger partial charge on any atom is 0.408 e. The summed E-state index contributed by atoms with van der Waals surface area (Å²) in [4.78, 5) is 41.5. The minimum atomic E-state index is -1.26. The Labute approximate surface area is 215 Å². The molecule has 36 heavy (non-hydrogen) atoms. The van der Waals surface area contributed by atoms with Crippen LogP contribution in [0.2, 0.25) is 0 Å². The average Bonchev–Trinajstić information content (AvgIpc) is 2.84. The molecule has 1 aliphatic rings. The zero-order chi connectivity index (χ0) is 26.9. The molecule has 1 fully saturated rings. The second-order valence-corrected chi connectivity index (χ2v) is 10.5. The van der Waals surface area contributed by atoms with Crippen LogP contribution in [-0.2, 0) is 14.3 Å². The number of hydrogen-bond acceptors (Lipinski definition) is 5. The molecule has 0 aliphatic heterocycles. The van der Waals surface area contributed by atoms with Gasteiger partial charge in [-0.15, -0.1) is 0 Å². The summed E-state index contributed by atoms with van der Waals surface area (Å²) in [5.41, 5.74) is 0.699. The standard InChI is InChI=1S/C28H43N3O5/c1-7-19(3)31(26(34)23(18-32)30-27(35)36-28(4,5)6)24(21-14-12-13-20(8-2)17-21)25(33)29-22-15-10-9-11-16-22/h8,12-14,17,19,22-24,32H,2,7,9-11,15-16,18H2,1,3-6H3,(H,29,33)(H,30,35). The number of rotatable bonds is 10. The molecular weight excluding hydrogens is 458 g/mol. The molecule has 0 bridgehead atoms. The van der Waals surface area contributed by atoms with Crippen LogP contribution in [-0.4, -0.2) is 58.2 Å². The maximum atomic E-state index is 13.8. The molecule has 3 unspecified atom stereocenters. The Hall–Kier alpha value is -2.87. The van der Waals surface area contributed by atoms with Crippen LogP contribution in [0.1, 0.15) is 90.3 Å². The van der Waals surface area contributed by atoms with Gasteiger partial charge in [-0.05, 0) is 64.2 Å². The van der Waals surface area contributed by atoms with Gasteiger partial charge in [-0.3, -0.25) is 9.59 Å². The van der Waals surface area contributed by atoms with Crippen molar-refractivity contribution in [2.75, 3.05) is 6.61 Å². The molecule has 8 heteroatoms. The van der Waals surface area contributed by atoms with Crippen molar-refractivity contribution < 1.29 is 24.2 Å². The summed E-state index contributed by atoms with van der Waals surface area (Å²) < 4.78 is 5.29. The van der Waals surface area contributed by atoms with Crippen molar-refractivity contribution in [3.63, 3.8) is 0 Å². The molecule has 3 amide bonds. The molecule has 1 aliphatic carbocycles. The zero-order valence-electron chi connectivity index (χ0n) is 22.4. The van der Waals surface area contributed by atoms with Gasteiger partial charge in [-0.2, -0.15) is 0 Å². The molecule has 1 aromatic carbocycles. The number of alkyl carbamates (subject to hydrolysis) is 1. The van der Waals surface area contributed by atoms with E-state index in [1.807, 2.05) is 38.1 Å². The van der Waals surface area contributed by atoms with Crippen LogP contribution in [0.4, 0.5) is 4.79 Å². The summed E-state index contributed by atoms with van der Waals surface area (Å²) in [7, 11) is 0. The van der Waals surface area contributed by atoms with Crippen LogP contribution in [0.25, 0.3) is 6.08 Å². The highest BCUT2D eigenvalue weighted by molar-refractivity contribution is 5.92. The summed E-state index contributed by atoms with van der Waals surface area (Å²) in [5, 5.41) is 15.7. The lowest BCUT2D eigenvalue weighted by atomic mass is 9.94. The number of aliphatic hydroxyl groups is 1. The number of nitrogens with one attached hydrogen (secondary N) is 2. The Balaban J connectivity index is 2.46. The second-order valence-electron chi connectivity index (χ2n) is 10.5. The molecule has 0 aromatic heterocycles. The first-order chi connectivity index (χ1) is 17.0. The lowest BCUT2D eigenvalue weighted by molar-refractivity contribution is -0.146. The average molecular weight is 502 g/mol. The van der Waals surface area contributed by atoms with Crippen molar-refractivity contribution in [2.24, 2.45) is 0 Å². The quantitative estimate of drug-likeness (QED) is 0.442. The van der Waals surface area contributed by atoms with Crippen molar-refractivity contribution in [3.05, 3.63) is 42.0 Å². The predicted molar refractivity (Wildman–Crippen MR) is 141 cm³/mol. The van der Waals surface area contributed by atoms with E-state index in [0.717, 1.165) is 37.7 Å². The highest BCUT2D eigenvalue weighted by atomic mass is 16.6. The Bertz CT molecular complexity index is 905. The Morgan fingerprint density at radius 3 is 2.44 bits per heavy atom. The van der Waals surface area contributed by atoms with Crippen molar-refractivity contribution in [1.29, 1.82) is 0 Å². The lowest BCUT2D eigenvalue weighted by Gasteiger charge is -2.38. The molecule has 1 saturated carbocycles. The number of amides is 3. The highest BCUT2D eigenvalue weighted by Crippen LogP contribution is 2.28. The van der Waals surface area contributed by atoms with Crippen molar-refractivity contribution in [1.82, 2.24) is 15.5 Å². The fourth-order valence-electron chi connectivity index (χ4n) is 4.43. The summed E-state index contributed by atoms with van der Waals surface area (Å²) in [6, 6.07) is 4.87. The first kappa shape index (κ1) is 29.4. The molecule has 0 heterocycles. The molecule has 0 saturated heterocycles. The minimum Gasteiger partial charge on any atom is -0.444 e. The minimum absolute atomic E-state index is 0.0544. The third-order valence-corrected chi connectivity index (χ3v) is 6.43. The number of nitrogens with zero attached hydrogens (tertiary/aromatic N) is 1. The summed E-state index contributed by atoms with van der Waals surface area (Å²) in [6.07, 6.45) is 6.54. The second kappa shape index (κ2) is 13.4. The van der Waals surface area contributed by atoms with Gasteiger partial charge in [0.2, 0.25) is 11.8 Å². The van der Waals surface area contributed by atoms with E-state index in [4.69, 9.17) is 4.74 Å². The number of ether oxygens (including phenoxy) is 1. The first-order valence-corrected chi connectivity index (χ1v) is 13.0. The molecular formula is C28H43N3O5. The van der Waals surface area contributed by atoms with Gasteiger partial charge in [0, 0.05) is 12.1 Å². The summed E-state index contributed by atoms with van der Waals surface area (Å²) >= 11 is 0. The lowest BCUT2D eigenvalue weighted by Crippen LogP contribution is -2.57. The van der Waals surface area contributed by atoms with Crippen molar-refractivity contribution >= 4 is 24.0 Å². The van der Waals surface area contributed by atoms with Gasteiger partial charge in [-0.25, -0.2) is 4.79 Å². The molecule has 1 aromatic rings. The predicted octanol–water partition coefficient (Wildman–Crippen LogP) is 4.33. The van der Waals surface area contributed by atoms with Gasteiger partial charge in [0.15, 0.2) is 0 Å². The molecule has 3 N–H and O–H groups in total. The van der Waals surface area contributed by atoms with Crippen molar-refractivity contribution in [2.45, 2.75) is 103 Å². The van der Waals surface area contributed by atoms with Crippen LogP contribution >= 0.6 is 0 Å². The third kappa shape index (κ3) is 8.36. The van der Waals surface area contributed by atoms with Gasteiger partial charge in [0.05, 0.1) is 6.61 Å². The van der Waals surface area contributed by atoms with Crippen LogP contribution in [0, 0.1) is 0 Å². The molecule has 3 atom stereocenters. The maximum absolute atomic E-state index is 13.8. The van der Waals surface area contributed by atoms with Crippen LogP contribution in [0.15, 0.2) is 30.8 Å². The highest BCUT2D eigenvalue weighted by Gasteiger charge is 2.39. The first-order valence-electron chi connectivity index (χ1n) is 13.0. The van der Waals surface area contributed by atoms with Gasteiger partial charge >= 0.3 is 6.09 Å². The number of benzene rings is 1. The molecule has 0 radical (unpaired) electrons. The van der Waals surface area contributed by atoms with Gasteiger partial charge < -0.3 is 25.4 Å². The van der Waals surface area contributed by atoms with Crippen LogP contribution in [0.3, 0.4) is 0 Å². The van der Waals surface area contributed by atoms with Crippen molar-refractivity contribution in [3.8, 4) is 0 Å². The number of carbonyl (C=O) groups is 3. The van der Waals surface area contributed by atoms with Gasteiger partial charge in [0.1, 0.15) is 17.7 Å². The Morgan fingerprint density at radius 1 is 1.22 bits per heavy atom. The smallest absolute Gasteiger partial charge is 0.408 e. The summed E-state index contributed by atoms with van der Waals surface area (Å²) in [5.74, 6) is -0.823. The zero-order valence-corrected chi connectivity index (χ0v) is 22.4. The van der Waals surface area contributed by atoms with E-state index in [0.29, 0.717) is 12.0 Å². The van der Waals surface area contributed by atoms with Gasteiger partial charge in [0.25, 0.3) is 0 Å². The monoisotopic (exact) mass is 501 g/mol. The van der Waals surface area contributed by atoms with E-state index >= 15 is 0 Å². The molecule has 0 spiro atoms. The van der Waals surface area contributed by atoms with E-state index < -0.39 is 36.3 Å². The van der Waals surface area contributed by atoms with E-state index in [9.17, 15) is 19.5 Å². The number of aliphatic hydroxyl groups excluding tert-OH is 1. The van der Waals surface area contributed by atoms with Crippen LogP contribution < -0.4 is 10.6 Å². The Kier molecular flexibility index (Phi) is 11.0. The fraction of sp³-hybridized carbons (Fsp3) is 0.607. The van der Waals surface area contributed by atoms with E-state index in [2.05, 4.69) is 17.2 Å². The van der Waals surface area contributed by atoms with E-state index in [1.54, 1.807) is 26.8 Å². The molecule has 2 rings (SSSR count). The SMILES string of the molecule is C=Cc1cccc(C(C(=O)NC2CCCCC2)N(C(=O)C(CO)NC(=O)OC(C)(C)C)C(C)CC)c1. The normalized spacial score (nSPS) is 16.8. The largest absolute Gasteiger partial charge is 0.444 e. The topological polar surface area (TPSA) is 108 Å². The number of hydrogen-bond donors (Lipinski definition) is 3. The van der Waals surface area contributed by atoms with E-state index in [1.165, 1.54) is 4.90 Å². The molecule has 200 valence electrons. The van der Waals surface area contributed by atoms with Crippen LogP contribution in [0.5, 0.6) is 0 Å². The third-order valence-electron chi connectivity index (χ3n) is 6.43. The Morgan fingerprint density at radius 2 is 1.89 bits per heavy atom. The van der Waals surface area contributed by atoms with E-state index in [-0.39, 0.29) is 18.0 Å².